The van der Waals surface area contributed by atoms with Crippen LogP contribution in [0.25, 0.3) is 0 Å². The molecule has 1 rings (SSSR count). The molecule has 0 amide bonds. The second kappa shape index (κ2) is 1.79. The van der Waals surface area contributed by atoms with Gasteiger partial charge in [-0.05, 0) is 4.89 Å². The zero-order chi connectivity index (χ0) is 4.41. The summed E-state index contributed by atoms with van der Waals surface area (Å²) in [5, 5.41) is 0. The number of hydrogen-bond acceptors (Lipinski definition) is 3. The fraction of sp³-hybridized carbons (Fsp3) is 1.00. The first-order chi connectivity index (χ1) is 2.89. The molecule has 0 saturated carbocycles. The zero-order valence-electron chi connectivity index (χ0n) is 3.14. The fourth-order valence-electron chi connectivity index (χ4n) is 0.266. The van der Waals surface area contributed by atoms with E-state index in [0.717, 1.165) is 0 Å². The minimum absolute atomic E-state index is 0.576. The Hall–Kier alpha value is 0.230. The fourth-order valence-corrected chi connectivity index (χ4v) is 0.799. The Morgan fingerprint density at radius 1 is 1.83 bits per heavy atom. The van der Waals surface area contributed by atoms with Crippen molar-refractivity contribution in [1.82, 2.24) is 4.89 Å². The third-order valence-corrected chi connectivity index (χ3v) is 1.36. The van der Waals surface area contributed by atoms with Gasteiger partial charge in [0.15, 0.2) is 5.75 Å². The highest BCUT2D eigenvalue weighted by Gasteiger charge is 2.12. The van der Waals surface area contributed by atoms with Gasteiger partial charge in [0.1, 0.15) is 6.61 Å². The van der Waals surface area contributed by atoms with Crippen molar-refractivity contribution in [1.29, 1.82) is 0 Å². The van der Waals surface area contributed by atoms with Crippen LogP contribution in [0.5, 0.6) is 0 Å². The summed E-state index contributed by atoms with van der Waals surface area (Å²) in [7, 11) is 0. The zero-order valence-corrected chi connectivity index (χ0v) is 3.96. The first-order valence-electron chi connectivity index (χ1n) is 1.65. The molecule has 1 aliphatic rings. The van der Waals surface area contributed by atoms with Gasteiger partial charge in [-0.25, -0.2) is 0 Å². The van der Waals surface area contributed by atoms with Gasteiger partial charge in [-0.15, -0.1) is 0 Å². The molecular weight excluding hydrogens is 102 g/mol. The molecule has 0 aromatic carbocycles. The predicted octanol–water partition coefficient (Wildman–Crippen LogP) is -0.815. The Kier molecular flexibility index (Phi) is 1.31. The number of rotatable bonds is 0. The average Bonchev–Trinajstić information content (AvgIpc) is 1.86. The van der Waals surface area contributed by atoms with Crippen LogP contribution in [0.4, 0.5) is 0 Å². The van der Waals surface area contributed by atoms with Crippen LogP contribution in [-0.4, -0.2) is 16.9 Å². The number of nitrogens with one attached hydrogen (secondary N) is 1. The molecule has 4 heteroatoms. The van der Waals surface area contributed by atoms with Crippen LogP contribution in [0.1, 0.15) is 0 Å². The summed E-state index contributed by atoms with van der Waals surface area (Å²) in [5.74, 6) is 0.625. The summed E-state index contributed by atoms with van der Waals surface area (Å²) in [4.78, 5) is 6.80. The van der Waals surface area contributed by atoms with E-state index in [9.17, 15) is 4.55 Å². The van der Waals surface area contributed by atoms with E-state index in [1.165, 1.54) is 0 Å². The highest BCUT2D eigenvalue weighted by atomic mass is 32.2. The molecule has 6 heavy (non-hydrogen) atoms. The minimum Gasteiger partial charge on any atom is -0.596 e. The smallest absolute Gasteiger partial charge is 0.153 e. The van der Waals surface area contributed by atoms with Crippen molar-refractivity contribution < 1.29 is 9.39 Å². The van der Waals surface area contributed by atoms with Crippen molar-refractivity contribution >= 4 is 11.4 Å². The molecule has 36 valence electrons. The van der Waals surface area contributed by atoms with Crippen molar-refractivity contribution in [3.63, 3.8) is 0 Å². The maximum Gasteiger partial charge on any atom is 0.153 e. The normalized spacial score (nSPS) is 34.5. The van der Waals surface area contributed by atoms with Crippen molar-refractivity contribution in [3.8, 4) is 0 Å². The summed E-state index contributed by atoms with van der Waals surface area (Å²) in [5.41, 5.74) is 0. The second-order valence-corrected chi connectivity index (χ2v) is 2.25. The SMILES string of the molecule is [O-][S+]1CCON1. The molecule has 1 saturated heterocycles. The lowest BCUT2D eigenvalue weighted by molar-refractivity contribution is 0.129. The molecule has 1 fully saturated rings. The van der Waals surface area contributed by atoms with Crippen LogP contribution in [-0.2, 0) is 16.2 Å². The Balaban J connectivity index is 2.18. The van der Waals surface area contributed by atoms with E-state index >= 15 is 0 Å². The summed E-state index contributed by atoms with van der Waals surface area (Å²) >= 11 is -0.895. The molecule has 0 bridgehead atoms. The molecule has 1 heterocycles. The van der Waals surface area contributed by atoms with Crippen molar-refractivity contribution in [2.75, 3.05) is 12.4 Å². The summed E-state index contributed by atoms with van der Waals surface area (Å²) in [6, 6.07) is 0. The molecule has 1 atom stereocenters. The second-order valence-electron chi connectivity index (χ2n) is 0.981. The van der Waals surface area contributed by atoms with Crippen LogP contribution in [0.15, 0.2) is 0 Å². The third kappa shape index (κ3) is 0.844. The molecule has 1 aliphatic heterocycles. The van der Waals surface area contributed by atoms with Crippen molar-refractivity contribution in [2.24, 2.45) is 0 Å². The highest BCUT2D eigenvalue weighted by Crippen LogP contribution is 1.91. The quantitative estimate of drug-likeness (QED) is 0.411. The van der Waals surface area contributed by atoms with Gasteiger partial charge >= 0.3 is 0 Å². The first-order valence-corrected chi connectivity index (χ1v) is 2.97. The van der Waals surface area contributed by atoms with Gasteiger partial charge in [-0.2, -0.15) is 0 Å². The summed E-state index contributed by atoms with van der Waals surface area (Å²) in [6.07, 6.45) is 0. The predicted molar refractivity (Wildman–Crippen MR) is 22.1 cm³/mol. The summed E-state index contributed by atoms with van der Waals surface area (Å²) < 4.78 is 10.1. The van der Waals surface area contributed by atoms with E-state index in [2.05, 4.69) is 9.72 Å². The molecule has 0 aliphatic carbocycles. The topological polar surface area (TPSA) is 44.3 Å². The van der Waals surface area contributed by atoms with Crippen LogP contribution >= 0.6 is 0 Å². The van der Waals surface area contributed by atoms with Crippen LogP contribution in [0, 0.1) is 0 Å². The molecule has 3 nitrogen and oxygen atoms in total. The van der Waals surface area contributed by atoms with Gasteiger partial charge in [-0.3, -0.25) is 4.84 Å². The van der Waals surface area contributed by atoms with E-state index in [1.807, 2.05) is 0 Å². The van der Waals surface area contributed by atoms with Crippen LogP contribution in [0.2, 0.25) is 0 Å². The van der Waals surface area contributed by atoms with Gasteiger partial charge in [-0.1, -0.05) is 0 Å². The molecule has 0 aromatic heterocycles. The summed E-state index contributed by atoms with van der Waals surface area (Å²) in [6.45, 7) is 0.576. The third-order valence-electron chi connectivity index (χ3n) is 0.523. The average molecular weight is 107 g/mol. The minimum atomic E-state index is -0.895. The van der Waals surface area contributed by atoms with E-state index in [0.29, 0.717) is 12.4 Å². The lowest BCUT2D eigenvalue weighted by atomic mass is 10.9. The number of hydrogen-bond donors (Lipinski definition) is 1. The Morgan fingerprint density at radius 2 is 2.67 bits per heavy atom. The molecule has 0 aromatic rings. The molecule has 0 spiro atoms. The Morgan fingerprint density at radius 3 is 2.83 bits per heavy atom. The first kappa shape index (κ1) is 4.39. The Bertz CT molecular complexity index is 44.8. The monoisotopic (exact) mass is 107 g/mol. The van der Waals surface area contributed by atoms with Crippen molar-refractivity contribution in [2.45, 2.75) is 0 Å². The maximum atomic E-state index is 10.1. The van der Waals surface area contributed by atoms with Gasteiger partial charge in [0, 0.05) is 0 Å². The Labute approximate surface area is 38.9 Å². The molecule has 1 unspecified atom stereocenters. The van der Waals surface area contributed by atoms with Crippen LogP contribution in [0.3, 0.4) is 0 Å². The van der Waals surface area contributed by atoms with Gasteiger partial charge in [0.2, 0.25) is 0 Å². The van der Waals surface area contributed by atoms with Gasteiger partial charge in [0.05, 0.1) is 11.4 Å². The molecule has 1 N–H and O–H groups in total. The van der Waals surface area contributed by atoms with Gasteiger partial charge < -0.3 is 4.55 Å². The molecule has 0 radical (unpaired) electrons. The molecular formula is C2H5NO2S. The van der Waals surface area contributed by atoms with E-state index < -0.39 is 11.4 Å². The lowest BCUT2D eigenvalue weighted by Gasteiger charge is -1.93. The van der Waals surface area contributed by atoms with Gasteiger partial charge in [0.25, 0.3) is 0 Å². The largest absolute Gasteiger partial charge is 0.596 e. The van der Waals surface area contributed by atoms with E-state index in [1.54, 1.807) is 0 Å². The van der Waals surface area contributed by atoms with Crippen molar-refractivity contribution in [3.05, 3.63) is 0 Å². The van der Waals surface area contributed by atoms with Crippen LogP contribution < -0.4 is 4.89 Å². The van der Waals surface area contributed by atoms with E-state index in [4.69, 9.17) is 0 Å². The van der Waals surface area contributed by atoms with E-state index in [-0.39, 0.29) is 0 Å². The highest BCUT2D eigenvalue weighted by molar-refractivity contribution is 7.89. The lowest BCUT2D eigenvalue weighted by Crippen LogP contribution is -2.13. The maximum absolute atomic E-state index is 10.1. The standard InChI is InChI=1S/C2H5NO2S/c4-6-2-1-5-3-6/h3H,1-2H2.